The van der Waals surface area contributed by atoms with Gasteiger partial charge in [-0.3, -0.25) is 4.79 Å². The standard InChI is InChI=1S/C29H32N4O2/c30-20-24(29(34)35-23-11-5-2-6-12-23)27-28(32-26-14-8-7-13-25(26)31-27)33-17-15-22(16-18-33)19-21-9-3-1-4-10-21/h1,3-4,7-10,13-14,22-24H,2,5-6,11-12,15-19H2/t24-/m1/s1. The molecule has 1 saturated heterocycles. The largest absolute Gasteiger partial charge is 0.461 e. The predicted molar refractivity (Wildman–Crippen MR) is 136 cm³/mol. The highest BCUT2D eigenvalue weighted by atomic mass is 16.5. The Bertz CT molecular complexity index is 1190. The number of carbonyl (C=O) groups excluding carboxylic acids is 1. The molecule has 2 fully saturated rings. The maximum atomic E-state index is 13.1. The summed E-state index contributed by atoms with van der Waals surface area (Å²) in [5.41, 5.74) is 3.26. The van der Waals surface area contributed by atoms with Gasteiger partial charge in [-0.2, -0.15) is 5.26 Å². The van der Waals surface area contributed by atoms with Crippen LogP contribution in [0, 0.1) is 17.2 Å². The molecule has 1 aliphatic carbocycles. The molecule has 6 nitrogen and oxygen atoms in total. The Morgan fingerprint density at radius 1 is 0.943 bits per heavy atom. The molecule has 0 unspecified atom stereocenters. The van der Waals surface area contributed by atoms with Gasteiger partial charge < -0.3 is 9.64 Å². The fourth-order valence-electron chi connectivity index (χ4n) is 5.37. The molecule has 35 heavy (non-hydrogen) atoms. The molecule has 2 aliphatic rings. The first-order chi connectivity index (χ1) is 17.2. The number of ether oxygens (including phenoxy) is 1. The van der Waals surface area contributed by atoms with Gasteiger partial charge in [-0.15, -0.1) is 0 Å². The van der Waals surface area contributed by atoms with E-state index in [0.29, 0.717) is 22.9 Å². The summed E-state index contributed by atoms with van der Waals surface area (Å²) in [7, 11) is 0. The number of rotatable bonds is 6. The van der Waals surface area contributed by atoms with E-state index in [2.05, 4.69) is 41.3 Å². The maximum absolute atomic E-state index is 13.1. The topological polar surface area (TPSA) is 79.1 Å². The van der Waals surface area contributed by atoms with E-state index in [1.807, 2.05) is 24.3 Å². The van der Waals surface area contributed by atoms with Crippen LogP contribution in [0.3, 0.4) is 0 Å². The zero-order valence-electron chi connectivity index (χ0n) is 20.1. The van der Waals surface area contributed by atoms with E-state index >= 15 is 0 Å². The molecule has 180 valence electrons. The summed E-state index contributed by atoms with van der Waals surface area (Å²) in [5.74, 6) is -0.321. The molecule has 3 aromatic rings. The van der Waals surface area contributed by atoms with E-state index in [4.69, 9.17) is 14.7 Å². The van der Waals surface area contributed by atoms with Crippen LogP contribution in [0.25, 0.3) is 11.0 Å². The maximum Gasteiger partial charge on any atom is 0.329 e. The van der Waals surface area contributed by atoms with Crippen LogP contribution in [0.4, 0.5) is 5.82 Å². The van der Waals surface area contributed by atoms with Crippen molar-refractivity contribution < 1.29 is 9.53 Å². The lowest BCUT2D eigenvalue weighted by Gasteiger charge is -2.34. The molecule has 6 heteroatoms. The van der Waals surface area contributed by atoms with Gasteiger partial charge in [0.05, 0.1) is 17.1 Å². The number of fused-ring (bicyclic) bond motifs is 1. The molecule has 0 amide bonds. The molecule has 1 aromatic heterocycles. The second kappa shape index (κ2) is 10.9. The SMILES string of the molecule is N#C[C@@H](C(=O)OC1CCCCC1)c1nc2ccccc2nc1N1CCC(Cc2ccccc2)CC1. The summed E-state index contributed by atoms with van der Waals surface area (Å²) < 4.78 is 5.79. The van der Waals surface area contributed by atoms with Crippen LogP contribution in [0.1, 0.15) is 62.1 Å². The lowest BCUT2D eigenvalue weighted by atomic mass is 9.90. The van der Waals surface area contributed by atoms with Gasteiger partial charge in [0, 0.05) is 13.1 Å². The van der Waals surface area contributed by atoms with Crippen molar-refractivity contribution in [3.05, 3.63) is 65.9 Å². The summed E-state index contributed by atoms with van der Waals surface area (Å²) in [4.78, 5) is 25.0. The lowest BCUT2D eigenvalue weighted by Crippen LogP contribution is -2.36. The van der Waals surface area contributed by atoms with Crippen molar-refractivity contribution in [2.45, 2.75) is 63.4 Å². The number of esters is 1. The monoisotopic (exact) mass is 468 g/mol. The van der Waals surface area contributed by atoms with E-state index in [9.17, 15) is 10.1 Å². The summed E-state index contributed by atoms with van der Waals surface area (Å²) in [6, 6.07) is 20.5. The number of para-hydroxylation sites is 2. The predicted octanol–water partition coefficient (Wildman–Crippen LogP) is 5.57. The molecule has 2 aromatic carbocycles. The Morgan fingerprint density at radius 3 is 2.29 bits per heavy atom. The summed E-state index contributed by atoms with van der Waals surface area (Å²) >= 11 is 0. The minimum Gasteiger partial charge on any atom is -0.461 e. The first-order valence-electron chi connectivity index (χ1n) is 12.9. The average molecular weight is 469 g/mol. The molecule has 0 spiro atoms. The van der Waals surface area contributed by atoms with Crippen molar-refractivity contribution in [3.8, 4) is 6.07 Å². The van der Waals surface area contributed by atoms with Crippen molar-refractivity contribution in [1.82, 2.24) is 9.97 Å². The quantitative estimate of drug-likeness (QED) is 0.440. The van der Waals surface area contributed by atoms with E-state index in [1.54, 1.807) is 0 Å². The minimum atomic E-state index is -1.08. The highest BCUT2D eigenvalue weighted by Gasteiger charge is 2.33. The second-order valence-electron chi connectivity index (χ2n) is 9.80. The highest BCUT2D eigenvalue weighted by Crippen LogP contribution is 2.32. The van der Waals surface area contributed by atoms with Crippen molar-refractivity contribution in [2.75, 3.05) is 18.0 Å². The Labute approximate surface area is 206 Å². The van der Waals surface area contributed by atoms with Crippen LogP contribution >= 0.6 is 0 Å². The second-order valence-corrected chi connectivity index (χ2v) is 9.80. The van der Waals surface area contributed by atoms with Crippen LogP contribution in [-0.4, -0.2) is 35.1 Å². The van der Waals surface area contributed by atoms with Gasteiger partial charge in [-0.25, -0.2) is 9.97 Å². The van der Waals surface area contributed by atoms with E-state index in [1.165, 1.54) is 12.0 Å². The van der Waals surface area contributed by atoms with Crippen LogP contribution in [0.5, 0.6) is 0 Å². The number of piperidine rings is 1. The van der Waals surface area contributed by atoms with E-state index < -0.39 is 11.9 Å². The van der Waals surface area contributed by atoms with E-state index in [0.717, 1.165) is 63.6 Å². The molecule has 0 N–H and O–H groups in total. The molecular weight excluding hydrogens is 436 g/mol. The van der Waals surface area contributed by atoms with Gasteiger partial charge in [0.15, 0.2) is 11.7 Å². The minimum absolute atomic E-state index is 0.0994. The number of anilines is 1. The molecular formula is C29H32N4O2. The highest BCUT2D eigenvalue weighted by molar-refractivity contribution is 5.85. The van der Waals surface area contributed by atoms with Gasteiger partial charge in [0.25, 0.3) is 0 Å². The summed E-state index contributed by atoms with van der Waals surface area (Å²) in [6.07, 6.45) is 8.08. The molecule has 0 radical (unpaired) electrons. The smallest absolute Gasteiger partial charge is 0.329 e. The molecule has 0 bridgehead atoms. The number of benzene rings is 2. The summed E-state index contributed by atoms with van der Waals surface area (Å²) in [5, 5.41) is 10.0. The normalized spacial score (nSPS) is 18.2. The number of nitrogens with zero attached hydrogens (tertiary/aromatic N) is 4. The first kappa shape index (κ1) is 23.3. The fourth-order valence-corrected chi connectivity index (χ4v) is 5.37. The Kier molecular flexibility index (Phi) is 7.23. The lowest BCUT2D eigenvalue weighted by molar-refractivity contribution is -0.150. The first-order valence-corrected chi connectivity index (χ1v) is 12.9. The molecule has 1 atom stereocenters. The van der Waals surface area contributed by atoms with Gasteiger partial charge >= 0.3 is 5.97 Å². The molecule has 1 aliphatic heterocycles. The third-order valence-electron chi connectivity index (χ3n) is 7.33. The van der Waals surface area contributed by atoms with Crippen LogP contribution in [0.2, 0.25) is 0 Å². The Hall–Kier alpha value is -3.46. The van der Waals surface area contributed by atoms with Crippen molar-refractivity contribution in [3.63, 3.8) is 0 Å². The van der Waals surface area contributed by atoms with Crippen molar-refractivity contribution >= 4 is 22.8 Å². The molecule has 1 saturated carbocycles. The van der Waals surface area contributed by atoms with Gasteiger partial charge in [0.2, 0.25) is 0 Å². The zero-order valence-corrected chi connectivity index (χ0v) is 20.1. The Balaban J connectivity index is 1.38. The molecule has 5 rings (SSSR count). The van der Waals surface area contributed by atoms with Crippen LogP contribution in [-0.2, 0) is 16.0 Å². The number of aromatic nitrogens is 2. The van der Waals surface area contributed by atoms with Gasteiger partial charge in [-0.1, -0.05) is 48.9 Å². The third kappa shape index (κ3) is 5.45. The van der Waals surface area contributed by atoms with Gasteiger partial charge in [0.1, 0.15) is 11.8 Å². The number of nitriles is 1. The number of hydrogen-bond acceptors (Lipinski definition) is 6. The molecule has 2 heterocycles. The van der Waals surface area contributed by atoms with Crippen molar-refractivity contribution in [1.29, 1.82) is 5.26 Å². The van der Waals surface area contributed by atoms with Crippen LogP contribution in [0.15, 0.2) is 54.6 Å². The number of hydrogen-bond donors (Lipinski definition) is 0. The average Bonchev–Trinajstić information content (AvgIpc) is 2.90. The zero-order chi connectivity index (χ0) is 24.0. The Morgan fingerprint density at radius 2 is 1.60 bits per heavy atom. The summed E-state index contributed by atoms with van der Waals surface area (Å²) in [6.45, 7) is 1.65. The van der Waals surface area contributed by atoms with E-state index in [-0.39, 0.29) is 6.10 Å². The van der Waals surface area contributed by atoms with Crippen molar-refractivity contribution in [2.24, 2.45) is 5.92 Å². The fraction of sp³-hybridized carbons (Fsp3) is 0.448. The van der Waals surface area contributed by atoms with Crippen LogP contribution < -0.4 is 4.90 Å². The third-order valence-corrected chi connectivity index (χ3v) is 7.33. The van der Waals surface area contributed by atoms with Gasteiger partial charge in [-0.05, 0) is 68.6 Å². The number of carbonyl (C=O) groups is 1.